The minimum Gasteiger partial charge on any atom is -0.494 e. The lowest BCUT2D eigenvalue weighted by molar-refractivity contribution is -0.109. The normalized spacial score (nSPS) is 17.9. The Hall–Kier alpha value is -3.08. The number of benzene rings is 1. The van der Waals surface area contributed by atoms with Gasteiger partial charge in [-0.1, -0.05) is 43.2 Å². The maximum atomic E-state index is 12.6. The molecule has 1 heterocycles. The Balaban J connectivity index is 1.93. The monoisotopic (exact) mass is 377 g/mol. The molecule has 1 saturated carbocycles. The zero-order chi connectivity index (χ0) is 19.8. The van der Waals surface area contributed by atoms with Crippen LogP contribution >= 0.6 is 0 Å². The molecule has 4 rings (SSSR count). The third kappa shape index (κ3) is 2.87. The highest BCUT2D eigenvalue weighted by atomic mass is 16.5. The molecule has 0 unspecified atom stereocenters. The molecular weight excluding hydrogens is 354 g/mol. The van der Waals surface area contributed by atoms with Crippen molar-refractivity contribution >= 4 is 29.5 Å². The summed E-state index contributed by atoms with van der Waals surface area (Å²) in [7, 11) is 1.33. The number of esters is 1. The molecule has 1 fully saturated rings. The van der Waals surface area contributed by atoms with E-state index >= 15 is 0 Å². The van der Waals surface area contributed by atoms with Gasteiger partial charge in [0.15, 0.2) is 11.7 Å². The second kappa shape index (κ2) is 7.15. The molecule has 0 spiro atoms. The van der Waals surface area contributed by atoms with E-state index in [2.05, 4.69) is 0 Å². The van der Waals surface area contributed by atoms with Crippen molar-refractivity contribution in [1.82, 2.24) is 4.57 Å². The molecule has 0 saturated heterocycles. The number of hydrogen-bond acceptors (Lipinski definition) is 4. The number of aromatic nitrogens is 1. The number of allylic oxidation sites excluding steroid dienone is 2. The zero-order valence-electron chi connectivity index (χ0n) is 16.1. The lowest BCUT2D eigenvalue weighted by Gasteiger charge is -2.16. The largest absolute Gasteiger partial charge is 0.494 e. The van der Waals surface area contributed by atoms with Gasteiger partial charge in [0.2, 0.25) is 0 Å². The first-order valence-electron chi connectivity index (χ1n) is 9.58. The summed E-state index contributed by atoms with van der Waals surface area (Å²) in [6.45, 7) is 1.82. The van der Waals surface area contributed by atoms with E-state index < -0.39 is 5.97 Å². The van der Waals surface area contributed by atoms with Crippen molar-refractivity contribution in [2.45, 2.75) is 38.6 Å². The van der Waals surface area contributed by atoms with Crippen molar-refractivity contribution in [1.29, 1.82) is 0 Å². The Bertz CT molecular complexity index is 1020. The number of ketones is 1. The van der Waals surface area contributed by atoms with E-state index in [1.807, 2.05) is 35.8 Å². The molecule has 0 atom stereocenters. The molecule has 0 bridgehead atoms. The first kappa shape index (κ1) is 18.3. The van der Waals surface area contributed by atoms with Crippen molar-refractivity contribution in [3.05, 3.63) is 58.3 Å². The van der Waals surface area contributed by atoms with Gasteiger partial charge in [0, 0.05) is 17.3 Å². The Morgan fingerprint density at radius 1 is 1.21 bits per heavy atom. The lowest BCUT2D eigenvalue weighted by atomic mass is 9.90. The van der Waals surface area contributed by atoms with E-state index in [9.17, 15) is 14.7 Å². The van der Waals surface area contributed by atoms with Gasteiger partial charge in [-0.3, -0.25) is 4.79 Å². The predicted molar refractivity (Wildman–Crippen MR) is 108 cm³/mol. The van der Waals surface area contributed by atoms with Gasteiger partial charge in [0.05, 0.1) is 18.2 Å². The SMILES string of the molecule is COC(=O)c1c(/C=C2\C(=O)C=Cc3ccccc32)c(O)n(C2CCCC2)c1C. The Morgan fingerprint density at radius 2 is 1.93 bits per heavy atom. The van der Waals surface area contributed by atoms with Crippen LogP contribution < -0.4 is 0 Å². The number of fused-ring (bicyclic) bond motifs is 1. The quantitative estimate of drug-likeness (QED) is 0.630. The fourth-order valence-corrected chi connectivity index (χ4v) is 4.39. The summed E-state index contributed by atoms with van der Waals surface area (Å²) in [6.07, 6.45) is 9.05. The highest BCUT2D eigenvalue weighted by Gasteiger charge is 2.30. The number of hydrogen-bond donors (Lipinski definition) is 1. The zero-order valence-corrected chi connectivity index (χ0v) is 16.1. The first-order valence-corrected chi connectivity index (χ1v) is 9.58. The molecular formula is C23H23NO4. The first-order chi connectivity index (χ1) is 13.5. The minimum absolute atomic E-state index is 0.0251. The molecule has 5 heteroatoms. The van der Waals surface area contributed by atoms with Gasteiger partial charge in [0.25, 0.3) is 0 Å². The van der Waals surface area contributed by atoms with Crippen molar-refractivity contribution < 1.29 is 19.4 Å². The van der Waals surface area contributed by atoms with Crippen LogP contribution in [0, 0.1) is 6.92 Å². The number of aromatic hydroxyl groups is 1. The Kier molecular flexibility index (Phi) is 4.67. The fourth-order valence-electron chi connectivity index (χ4n) is 4.39. The van der Waals surface area contributed by atoms with E-state index in [0.717, 1.165) is 36.8 Å². The summed E-state index contributed by atoms with van der Waals surface area (Å²) in [6, 6.07) is 7.74. The fraction of sp³-hybridized carbons (Fsp3) is 0.304. The van der Waals surface area contributed by atoms with Crippen molar-refractivity contribution in [3.63, 3.8) is 0 Å². The summed E-state index contributed by atoms with van der Waals surface area (Å²) in [5, 5.41) is 11.0. The van der Waals surface area contributed by atoms with Crippen LogP contribution in [0.2, 0.25) is 0 Å². The molecule has 5 nitrogen and oxygen atoms in total. The van der Waals surface area contributed by atoms with Crippen LogP contribution in [0.15, 0.2) is 30.3 Å². The summed E-state index contributed by atoms with van der Waals surface area (Å²) in [4.78, 5) is 25.1. The minimum atomic E-state index is -0.511. The summed E-state index contributed by atoms with van der Waals surface area (Å²) < 4.78 is 6.82. The lowest BCUT2D eigenvalue weighted by Crippen LogP contribution is -2.09. The van der Waals surface area contributed by atoms with Gasteiger partial charge in [-0.15, -0.1) is 0 Å². The Labute approximate surface area is 163 Å². The van der Waals surface area contributed by atoms with E-state index in [4.69, 9.17) is 4.74 Å². The van der Waals surface area contributed by atoms with Crippen molar-refractivity contribution in [2.24, 2.45) is 0 Å². The smallest absolute Gasteiger partial charge is 0.340 e. The van der Waals surface area contributed by atoms with E-state index in [1.54, 1.807) is 12.2 Å². The van der Waals surface area contributed by atoms with Gasteiger partial charge in [-0.25, -0.2) is 4.79 Å². The molecule has 0 radical (unpaired) electrons. The van der Waals surface area contributed by atoms with Gasteiger partial charge in [-0.05, 0) is 43.0 Å². The van der Waals surface area contributed by atoms with Crippen LogP contribution in [0.1, 0.15) is 64.5 Å². The summed E-state index contributed by atoms with van der Waals surface area (Å²) in [5.41, 5.74) is 3.53. The predicted octanol–water partition coefficient (Wildman–Crippen LogP) is 4.54. The van der Waals surface area contributed by atoms with Gasteiger partial charge in [-0.2, -0.15) is 0 Å². The third-order valence-electron chi connectivity index (χ3n) is 5.76. The molecule has 1 aromatic carbocycles. The number of methoxy groups -OCH3 is 1. The molecule has 28 heavy (non-hydrogen) atoms. The van der Waals surface area contributed by atoms with Crippen LogP contribution in [0.5, 0.6) is 5.88 Å². The Morgan fingerprint density at radius 3 is 2.64 bits per heavy atom. The van der Waals surface area contributed by atoms with Crippen LogP contribution in [0.3, 0.4) is 0 Å². The van der Waals surface area contributed by atoms with Gasteiger partial charge >= 0.3 is 5.97 Å². The second-order valence-corrected chi connectivity index (χ2v) is 7.34. The van der Waals surface area contributed by atoms with Gasteiger partial charge in [0.1, 0.15) is 0 Å². The summed E-state index contributed by atoms with van der Waals surface area (Å²) in [5.74, 6) is -0.638. The molecule has 2 aliphatic carbocycles. The van der Waals surface area contributed by atoms with Crippen molar-refractivity contribution in [2.75, 3.05) is 7.11 Å². The number of ether oxygens (including phenoxy) is 1. The van der Waals surface area contributed by atoms with Crippen molar-refractivity contribution in [3.8, 4) is 5.88 Å². The maximum Gasteiger partial charge on any atom is 0.340 e. The summed E-state index contributed by atoms with van der Waals surface area (Å²) >= 11 is 0. The number of nitrogens with zero attached hydrogens (tertiary/aromatic N) is 1. The highest BCUT2D eigenvalue weighted by Crippen LogP contribution is 2.41. The highest BCUT2D eigenvalue weighted by molar-refractivity contribution is 6.33. The van der Waals surface area contributed by atoms with E-state index in [0.29, 0.717) is 22.4 Å². The number of carbonyl (C=O) groups is 2. The molecule has 1 aromatic heterocycles. The average molecular weight is 377 g/mol. The standard InChI is InChI=1S/C23H23NO4/c1-14-21(23(27)28-2)19(22(26)24(14)16-8-4-5-9-16)13-18-17-10-6-3-7-15(17)11-12-20(18)25/h3,6-7,10-13,16,26H,4-5,8-9H2,1-2H3/b18-13-. The van der Waals surface area contributed by atoms with Crippen LogP contribution in [0.25, 0.3) is 17.7 Å². The number of carbonyl (C=O) groups excluding carboxylic acids is 2. The van der Waals surface area contributed by atoms with Gasteiger partial charge < -0.3 is 14.4 Å². The maximum absolute atomic E-state index is 12.6. The molecule has 0 aliphatic heterocycles. The van der Waals surface area contributed by atoms with Crippen LogP contribution in [-0.4, -0.2) is 28.5 Å². The second-order valence-electron chi connectivity index (χ2n) is 7.34. The van der Waals surface area contributed by atoms with Crippen LogP contribution in [-0.2, 0) is 9.53 Å². The molecule has 2 aliphatic rings. The topological polar surface area (TPSA) is 68.5 Å². The number of rotatable bonds is 3. The van der Waals surface area contributed by atoms with E-state index in [-0.39, 0.29) is 17.7 Å². The molecule has 1 N–H and O–H groups in total. The van der Waals surface area contributed by atoms with Crippen LogP contribution in [0.4, 0.5) is 0 Å². The van der Waals surface area contributed by atoms with E-state index in [1.165, 1.54) is 13.2 Å². The molecule has 2 aromatic rings. The third-order valence-corrected chi connectivity index (χ3v) is 5.76. The average Bonchev–Trinajstić information content (AvgIpc) is 3.30. The molecule has 0 amide bonds. The molecule has 144 valence electrons.